The average Bonchev–Trinajstić information content (AvgIpc) is 2.22. The third-order valence-electron chi connectivity index (χ3n) is 2.52. The maximum atomic E-state index is 8.75. The van der Waals surface area contributed by atoms with E-state index in [2.05, 4.69) is 0 Å². The van der Waals surface area contributed by atoms with Gasteiger partial charge in [0.25, 0.3) is 0 Å². The highest BCUT2D eigenvalue weighted by atomic mass is 35.5. The summed E-state index contributed by atoms with van der Waals surface area (Å²) in [6.45, 7) is 0.217. The second-order valence-electron chi connectivity index (χ2n) is 3.87. The summed E-state index contributed by atoms with van der Waals surface area (Å²) in [4.78, 5) is 0. The van der Waals surface area contributed by atoms with Crippen LogP contribution in [0, 0.1) is 0 Å². The predicted molar refractivity (Wildman–Crippen MR) is 68.6 cm³/mol. The van der Waals surface area contributed by atoms with E-state index in [1.54, 1.807) is 0 Å². The number of aliphatic hydroxyl groups excluding tert-OH is 1. The van der Waals surface area contributed by atoms with Crippen molar-refractivity contribution in [2.75, 3.05) is 18.1 Å². The lowest BCUT2D eigenvalue weighted by Gasteiger charge is -2.26. The van der Waals surface area contributed by atoms with Crippen LogP contribution >= 0.6 is 23.4 Å². The molecule has 0 atom stereocenters. The molecule has 0 bridgehead atoms. The van der Waals surface area contributed by atoms with E-state index in [0.29, 0.717) is 11.1 Å². The lowest BCUT2D eigenvalue weighted by molar-refractivity contribution is 0.240. The summed E-state index contributed by atoms with van der Waals surface area (Å²) in [6, 6.07) is 5.87. The Bertz CT molecular complexity index is 353. The number of aliphatic hydroxyl groups is 1. The lowest BCUT2D eigenvalue weighted by atomic mass is 10.1. The third-order valence-corrected chi connectivity index (χ3v) is 4.03. The van der Waals surface area contributed by atoms with Crippen LogP contribution in [-0.4, -0.2) is 29.3 Å². The number of ether oxygens (including phenoxy) is 1. The minimum absolute atomic E-state index is 0.217. The summed E-state index contributed by atoms with van der Waals surface area (Å²) in [6.07, 6.45) is 1.96. The second kappa shape index (κ2) is 5.80. The third kappa shape index (κ3) is 3.06. The van der Waals surface area contributed by atoms with Crippen LogP contribution in [0.5, 0.6) is 5.75 Å². The minimum Gasteiger partial charge on any atom is -0.487 e. The predicted octanol–water partition coefficient (Wildman–Crippen LogP) is 2.76. The van der Waals surface area contributed by atoms with E-state index in [1.807, 2.05) is 30.0 Å². The Hall–Kier alpha value is -0.380. The molecule has 4 heteroatoms. The number of benzene rings is 1. The molecule has 88 valence electrons. The van der Waals surface area contributed by atoms with Gasteiger partial charge in [-0.2, -0.15) is 11.8 Å². The van der Waals surface area contributed by atoms with Gasteiger partial charge in [0, 0.05) is 18.1 Å². The van der Waals surface area contributed by atoms with Gasteiger partial charge in [0.05, 0.1) is 5.02 Å². The SMILES string of the molecule is OCCCc1ccc(OC2CSC2)c(Cl)c1. The Morgan fingerprint density at radius 2 is 2.25 bits per heavy atom. The van der Waals surface area contributed by atoms with Gasteiger partial charge in [-0.15, -0.1) is 0 Å². The van der Waals surface area contributed by atoms with Crippen molar-refractivity contribution in [3.63, 3.8) is 0 Å². The largest absolute Gasteiger partial charge is 0.487 e. The number of aryl methyl sites for hydroxylation is 1. The van der Waals surface area contributed by atoms with Crippen molar-refractivity contribution in [2.45, 2.75) is 18.9 Å². The molecule has 1 aromatic carbocycles. The molecule has 0 unspecified atom stereocenters. The van der Waals surface area contributed by atoms with Crippen LogP contribution in [0.3, 0.4) is 0 Å². The van der Waals surface area contributed by atoms with Crippen molar-refractivity contribution in [3.8, 4) is 5.75 Å². The van der Waals surface area contributed by atoms with Crippen molar-refractivity contribution in [3.05, 3.63) is 28.8 Å². The fourth-order valence-corrected chi connectivity index (χ4v) is 2.35. The first-order valence-electron chi connectivity index (χ1n) is 5.43. The first-order chi connectivity index (χ1) is 7.79. The molecule has 1 fully saturated rings. The van der Waals surface area contributed by atoms with Crippen molar-refractivity contribution >= 4 is 23.4 Å². The van der Waals surface area contributed by atoms with Gasteiger partial charge < -0.3 is 9.84 Å². The van der Waals surface area contributed by atoms with Crippen LogP contribution in [0.15, 0.2) is 18.2 Å². The lowest BCUT2D eigenvalue weighted by Crippen LogP contribution is -2.31. The number of thioether (sulfide) groups is 1. The van der Waals surface area contributed by atoms with E-state index in [1.165, 1.54) is 0 Å². The highest BCUT2D eigenvalue weighted by molar-refractivity contribution is 8.00. The Balaban J connectivity index is 1.97. The topological polar surface area (TPSA) is 29.5 Å². The first-order valence-corrected chi connectivity index (χ1v) is 6.96. The smallest absolute Gasteiger partial charge is 0.138 e. The van der Waals surface area contributed by atoms with Crippen LogP contribution in [0.1, 0.15) is 12.0 Å². The molecule has 1 aromatic rings. The van der Waals surface area contributed by atoms with Crippen LogP contribution < -0.4 is 4.74 Å². The van der Waals surface area contributed by atoms with Gasteiger partial charge in [-0.05, 0) is 30.5 Å². The Morgan fingerprint density at radius 1 is 1.44 bits per heavy atom. The molecule has 2 nitrogen and oxygen atoms in total. The van der Waals surface area contributed by atoms with Gasteiger partial charge in [-0.25, -0.2) is 0 Å². The molecule has 1 aliphatic heterocycles. The fraction of sp³-hybridized carbons (Fsp3) is 0.500. The highest BCUT2D eigenvalue weighted by Crippen LogP contribution is 2.30. The Labute approximate surface area is 105 Å². The maximum absolute atomic E-state index is 8.75. The summed E-state index contributed by atoms with van der Waals surface area (Å²) in [7, 11) is 0. The van der Waals surface area contributed by atoms with Crippen LogP contribution in [0.2, 0.25) is 5.02 Å². The van der Waals surface area contributed by atoms with Crippen molar-refractivity contribution < 1.29 is 9.84 Å². The van der Waals surface area contributed by atoms with Gasteiger partial charge >= 0.3 is 0 Å². The first kappa shape index (κ1) is 12.1. The molecule has 1 heterocycles. The fourth-order valence-electron chi connectivity index (χ4n) is 1.54. The molecule has 1 aliphatic rings. The standard InChI is InChI=1S/C12H15ClO2S/c13-11-6-9(2-1-5-14)3-4-12(11)15-10-7-16-8-10/h3-4,6,10,14H,1-2,5,7-8H2. The molecule has 0 amide bonds. The Morgan fingerprint density at radius 3 is 2.81 bits per heavy atom. The molecule has 1 N–H and O–H groups in total. The zero-order valence-corrected chi connectivity index (χ0v) is 10.6. The van der Waals surface area contributed by atoms with Gasteiger partial charge in [-0.1, -0.05) is 17.7 Å². The molecule has 0 radical (unpaired) electrons. The van der Waals surface area contributed by atoms with E-state index in [-0.39, 0.29) is 6.61 Å². The molecule has 0 aliphatic carbocycles. The van der Waals surface area contributed by atoms with E-state index in [0.717, 1.165) is 35.7 Å². The summed E-state index contributed by atoms with van der Waals surface area (Å²) in [5, 5.41) is 9.42. The van der Waals surface area contributed by atoms with Crippen LogP contribution in [0.4, 0.5) is 0 Å². The quantitative estimate of drug-likeness (QED) is 0.881. The molecule has 16 heavy (non-hydrogen) atoms. The monoisotopic (exact) mass is 258 g/mol. The van der Waals surface area contributed by atoms with Crippen LogP contribution in [0.25, 0.3) is 0 Å². The summed E-state index contributed by atoms with van der Waals surface area (Å²) in [5.74, 6) is 2.89. The second-order valence-corrected chi connectivity index (χ2v) is 5.35. The molecule has 1 saturated heterocycles. The highest BCUT2D eigenvalue weighted by Gasteiger charge is 2.20. The van der Waals surface area contributed by atoms with Gasteiger partial charge in [0.2, 0.25) is 0 Å². The number of hydrogen-bond acceptors (Lipinski definition) is 3. The van der Waals surface area contributed by atoms with Gasteiger partial charge in [0.15, 0.2) is 0 Å². The molecular weight excluding hydrogens is 244 g/mol. The van der Waals surface area contributed by atoms with E-state index < -0.39 is 0 Å². The average molecular weight is 259 g/mol. The van der Waals surface area contributed by atoms with E-state index in [4.69, 9.17) is 21.4 Å². The summed E-state index contributed by atoms with van der Waals surface area (Å²) >= 11 is 8.03. The van der Waals surface area contributed by atoms with Gasteiger partial charge in [0.1, 0.15) is 11.9 Å². The number of hydrogen-bond donors (Lipinski definition) is 1. The molecule has 2 rings (SSSR count). The van der Waals surface area contributed by atoms with Crippen molar-refractivity contribution in [1.82, 2.24) is 0 Å². The minimum atomic E-state index is 0.217. The summed E-state index contributed by atoms with van der Waals surface area (Å²) < 4.78 is 5.74. The van der Waals surface area contributed by atoms with Crippen molar-refractivity contribution in [2.24, 2.45) is 0 Å². The Kier molecular flexibility index (Phi) is 4.38. The number of rotatable bonds is 5. The molecule has 0 spiro atoms. The van der Waals surface area contributed by atoms with Crippen molar-refractivity contribution in [1.29, 1.82) is 0 Å². The number of halogens is 1. The van der Waals surface area contributed by atoms with E-state index >= 15 is 0 Å². The zero-order chi connectivity index (χ0) is 11.4. The van der Waals surface area contributed by atoms with Crippen LogP contribution in [-0.2, 0) is 6.42 Å². The zero-order valence-electron chi connectivity index (χ0n) is 8.99. The molecular formula is C12H15ClO2S. The van der Waals surface area contributed by atoms with Gasteiger partial charge in [-0.3, -0.25) is 0 Å². The van der Waals surface area contributed by atoms with E-state index in [9.17, 15) is 0 Å². The molecule has 0 saturated carbocycles. The molecule has 0 aromatic heterocycles. The summed E-state index contributed by atoms with van der Waals surface area (Å²) in [5.41, 5.74) is 1.15. The maximum Gasteiger partial charge on any atom is 0.138 e. The normalized spacial score (nSPS) is 15.9.